The summed E-state index contributed by atoms with van der Waals surface area (Å²) in [6, 6.07) is 0.998. The molecule has 0 aliphatic heterocycles. The zero-order valence-electron chi connectivity index (χ0n) is 9.50. The summed E-state index contributed by atoms with van der Waals surface area (Å²) in [6.45, 7) is 2.56. The molecule has 1 rings (SSSR count). The highest BCUT2D eigenvalue weighted by molar-refractivity contribution is 7.08. The quantitative estimate of drug-likeness (QED) is 0.777. The van der Waals surface area contributed by atoms with Gasteiger partial charge in [-0.05, 0) is 28.9 Å². The monoisotopic (exact) mass is 257 g/mol. The summed E-state index contributed by atoms with van der Waals surface area (Å²) in [4.78, 5) is 23.4. The van der Waals surface area contributed by atoms with Gasteiger partial charge in [-0.25, -0.2) is 0 Å². The molecule has 0 radical (unpaired) electrons. The SMILES string of the molecule is CCN(CCC(=O)O)C(C(=O)O)c1ccsc1. The average Bonchev–Trinajstić information content (AvgIpc) is 2.76. The number of thiophene rings is 1. The molecule has 2 N–H and O–H groups in total. The van der Waals surface area contributed by atoms with E-state index >= 15 is 0 Å². The van der Waals surface area contributed by atoms with Gasteiger partial charge >= 0.3 is 11.9 Å². The first-order valence-electron chi connectivity index (χ1n) is 5.27. The molecular weight excluding hydrogens is 242 g/mol. The van der Waals surface area contributed by atoms with E-state index in [-0.39, 0.29) is 13.0 Å². The van der Waals surface area contributed by atoms with Crippen LogP contribution in [-0.2, 0) is 9.59 Å². The Kier molecular flexibility index (Phi) is 5.11. The van der Waals surface area contributed by atoms with Gasteiger partial charge in [-0.2, -0.15) is 11.3 Å². The number of hydrogen-bond donors (Lipinski definition) is 2. The van der Waals surface area contributed by atoms with E-state index in [0.29, 0.717) is 12.1 Å². The summed E-state index contributed by atoms with van der Waals surface area (Å²) >= 11 is 1.43. The molecule has 1 unspecified atom stereocenters. The predicted octanol–water partition coefficient (Wildman–Crippen LogP) is 1.67. The Bertz CT molecular complexity index is 377. The molecule has 94 valence electrons. The summed E-state index contributed by atoms with van der Waals surface area (Å²) in [6.07, 6.45) is -0.0538. The smallest absolute Gasteiger partial charge is 0.325 e. The van der Waals surface area contributed by atoms with Crippen molar-refractivity contribution in [3.05, 3.63) is 22.4 Å². The molecule has 0 spiro atoms. The van der Waals surface area contributed by atoms with Gasteiger partial charge in [-0.1, -0.05) is 6.92 Å². The molecule has 0 saturated carbocycles. The largest absolute Gasteiger partial charge is 0.481 e. The maximum absolute atomic E-state index is 11.3. The fourth-order valence-corrected chi connectivity index (χ4v) is 2.33. The molecule has 0 aliphatic carbocycles. The summed E-state index contributed by atoms with van der Waals surface area (Å²) in [5, 5.41) is 21.5. The van der Waals surface area contributed by atoms with Gasteiger partial charge in [0, 0.05) is 6.54 Å². The number of carboxylic acids is 2. The molecule has 0 aromatic carbocycles. The minimum absolute atomic E-state index is 0.0538. The molecule has 0 aliphatic rings. The first-order chi connectivity index (χ1) is 8.06. The lowest BCUT2D eigenvalue weighted by atomic mass is 10.1. The first-order valence-corrected chi connectivity index (χ1v) is 6.21. The van der Waals surface area contributed by atoms with E-state index in [2.05, 4.69) is 0 Å². The van der Waals surface area contributed by atoms with E-state index in [1.165, 1.54) is 11.3 Å². The van der Waals surface area contributed by atoms with Crippen molar-refractivity contribution in [2.45, 2.75) is 19.4 Å². The van der Waals surface area contributed by atoms with Crippen molar-refractivity contribution < 1.29 is 19.8 Å². The van der Waals surface area contributed by atoms with Gasteiger partial charge in [0.2, 0.25) is 0 Å². The van der Waals surface area contributed by atoms with E-state index in [9.17, 15) is 14.7 Å². The zero-order chi connectivity index (χ0) is 12.8. The number of aliphatic carboxylic acids is 2. The summed E-state index contributed by atoms with van der Waals surface area (Å²) in [7, 11) is 0. The van der Waals surface area contributed by atoms with Crippen molar-refractivity contribution in [3.63, 3.8) is 0 Å². The van der Waals surface area contributed by atoms with Gasteiger partial charge in [-0.15, -0.1) is 0 Å². The maximum atomic E-state index is 11.3. The number of likely N-dealkylation sites (N-methyl/N-ethyl adjacent to an activating group) is 1. The van der Waals surface area contributed by atoms with Crippen molar-refractivity contribution in [1.82, 2.24) is 4.90 Å². The second kappa shape index (κ2) is 6.36. The van der Waals surface area contributed by atoms with Gasteiger partial charge in [0.1, 0.15) is 6.04 Å². The highest BCUT2D eigenvalue weighted by atomic mass is 32.1. The summed E-state index contributed by atoms with van der Waals surface area (Å²) in [5.41, 5.74) is 0.703. The molecule has 0 bridgehead atoms. The molecule has 6 heteroatoms. The van der Waals surface area contributed by atoms with Crippen LogP contribution in [0.1, 0.15) is 24.9 Å². The van der Waals surface area contributed by atoms with E-state index in [0.717, 1.165) is 0 Å². The Morgan fingerprint density at radius 1 is 1.47 bits per heavy atom. The molecule has 1 heterocycles. The van der Waals surface area contributed by atoms with Gasteiger partial charge in [0.15, 0.2) is 0 Å². The number of hydrogen-bond acceptors (Lipinski definition) is 4. The van der Waals surface area contributed by atoms with Crippen LogP contribution in [-0.4, -0.2) is 40.1 Å². The van der Waals surface area contributed by atoms with Gasteiger partial charge in [0.25, 0.3) is 0 Å². The van der Waals surface area contributed by atoms with Crippen LogP contribution in [0.4, 0.5) is 0 Å². The second-order valence-electron chi connectivity index (χ2n) is 3.57. The highest BCUT2D eigenvalue weighted by Gasteiger charge is 2.26. The normalized spacial score (nSPS) is 12.6. The molecule has 17 heavy (non-hydrogen) atoms. The van der Waals surface area contributed by atoms with Crippen molar-refractivity contribution >= 4 is 23.3 Å². The van der Waals surface area contributed by atoms with Gasteiger partial charge < -0.3 is 10.2 Å². The van der Waals surface area contributed by atoms with Crippen LogP contribution in [0, 0.1) is 0 Å². The highest BCUT2D eigenvalue weighted by Crippen LogP contribution is 2.23. The standard InChI is InChI=1S/C11H15NO4S/c1-2-12(5-3-9(13)14)10(11(15)16)8-4-6-17-7-8/h4,6-7,10H,2-3,5H2,1H3,(H,13,14)(H,15,16). The summed E-state index contributed by atoms with van der Waals surface area (Å²) in [5.74, 6) is -1.87. The molecule has 0 fully saturated rings. The van der Waals surface area contributed by atoms with Gasteiger partial charge in [0.05, 0.1) is 6.42 Å². The Balaban J connectivity index is 2.80. The fourth-order valence-electron chi connectivity index (χ4n) is 1.65. The Labute approximate surface area is 103 Å². The third-order valence-electron chi connectivity index (χ3n) is 2.48. The van der Waals surface area contributed by atoms with Crippen LogP contribution in [0.5, 0.6) is 0 Å². The van der Waals surface area contributed by atoms with E-state index in [1.54, 1.807) is 16.3 Å². The van der Waals surface area contributed by atoms with Crippen molar-refractivity contribution in [1.29, 1.82) is 0 Å². The van der Waals surface area contributed by atoms with Crippen LogP contribution in [0.25, 0.3) is 0 Å². The lowest BCUT2D eigenvalue weighted by Gasteiger charge is -2.26. The minimum atomic E-state index is -0.948. The van der Waals surface area contributed by atoms with Crippen molar-refractivity contribution in [2.75, 3.05) is 13.1 Å². The predicted molar refractivity (Wildman–Crippen MR) is 64.2 cm³/mol. The van der Waals surface area contributed by atoms with Crippen LogP contribution >= 0.6 is 11.3 Å². The van der Waals surface area contributed by atoms with E-state index in [4.69, 9.17) is 5.11 Å². The van der Waals surface area contributed by atoms with Crippen molar-refractivity contribution in [2.24, 2.45) is 0 Å². The van der Waals surface area contributed by atoms with E-state index in [1.807, 2.05) is 12.3 Å². The topological polar surface area (TPSA) is 77.8 Å². The molecule has 1 aromatic heterocycles. The van der Waals surface area contributed by atoms with Crippen LogP contribution in [0.3, 0.4) is 0 Å². The van der Waals surface area contributed by atoms with Gasteiger partial charge in [-0.3, -0.25) is 14.5 Å². The minimum Gasteiger partial charge on any atom is -0.481 e. The maximum Gasteiger partial charge on any atom is 0.325 e. The molecule has 5 nitrogen and oxygen atoms in total. The Morgan fingerprint density at radius 3 is 2.59 bits per heavy atom. The Hall–Kier alpha value is -1.40. The van der Waals surface area contributed by atoms with Crippen LogP contribution in [0.2, 0.25) is 0 Å². The lowest BCUT2D eigenvalue weighted by Crippen LogP contribution is -2.35. The molecule has 1 atom stereocenters. The Morgan fingerprint density at radius 2 is 2.18 bits per heavy atom. The van der Waals surface area contributed by atoms with E-state index < -0.39 is 18.0 Å². The molecule has 0 amide bonds. The molecule has 0 saturated heterocycles. The second-order valence-corrected chi connectivity index (χ2v) is 4.35. The average molecular weight is 257 g/mol. The third-order valence-corrected chi connectivity index (χ3v) is 3.18. The van der Waals surface area contributed by atoms with Crippen LogP contribution < -0.4 is 0 Å². The number of nitrogens with zero attached hydrogens (tertiary/aromatic N) is 1. The molecule has 1 aromatic rings. The molecular formula is C11H15NO4S. The van der Waals surface area contributed by atoms with Crippen LogP contribution in [0.15, 0.2) is 16.8 Å². The lowest BCUT2D eigenvalue weighted by molar-refractivity contribution is -0.145. The van der Waals surface area contributed by atoms with Crippen molar-refractivity contribution in [3.8, 4) is 0 Å². The number of rotatable bonds is 7. The number of carbonyl (C=O) groups is 2. The number of carboxylic acid groups (broad SMARTS) is 2. The third kappa shape index (κ3) is 3.83. The zero-order valence-corrected chi connectivity index (χ0v) is 10.3. The summed E-state index contributed by atoms with van der Waals surface area (Å²) < 4.78 is 0. The first kappa shape index (κ1) is 13.7. The fraction of sp³-hybridized carbons (Fsp3) is 0.455.